The van der Waals surface area contributed by atoms with E-state index in [0.29, 0.717) is 13.2 Å². The smallest absolute Gasteiger partial charge is 0.350 e. The van der Waals surface area contributed by atoms with Crippen LogP contribution in [0, 0.1) is 5.92 Å². The fraction of sp³-hybridized carbons (Fsp3) is 0.714. The highest BCUT2D eigenvalue weighted by Gasteiger charge is 2.57. The lowest BCUT2D eigenvalue weighted by atomic mass is 9.84. The lowest BCUT2D eigenvalue weighted by Crippen LogP contribution is -2.58. The topological polar surface area (TPSA) is 91.3 Å². The van der Waals surface area contributed by atoms with E-state index in [4.69, 9.17) is 18.9 Å². The first-order chi connectivity index (χ1) is 10.0. The van der Waals surface area contributed by atoms with Crippen molar-refractivity contribution in [2.24, 2.45) is 5.92 Å². The molecule has 0 radical (unpaired) electrons. The molecule has 0 spiro atoms. The first-order valence-corrected chi connectivity index (χ1v) is 6.93. The quantitative estimate of drug-likeness (QED) is 0.394. The normalized spacial score (nSPS) is 17.3. The van der Waals surface area contributed by atoms with E-state index >= 15 is 0 Å². The van der Waals surface area contributed by atoms with E-state index in [9.17, 15) is 14.7 Å². The minimum atomic E-state index is -2.49. The number of hydrogen-bond donors (Lipinski definition) is 1. The van der Waals surface area contributed by atoms with Crippen LogP contribution in [0.4, 0.5) is 0 Å². The molecule has 0 amide bonds. The van der Waals surface area contributed by atoms with Gasteiger partial charge in [-0.1, -0.05) is 6.08 Å². The zero-order valence-corrected chi connectivity index (χ0v) is 12.4. The molecule has 0 unspecified atom stereocenters. The summed E-state index contributed by atoms with van der Waals surface area (Å²) in [5.74, 6) is -3.14. The molecule has 21 heavy (non-hydrogen) atoms. The zero-order valence-electron chi connectivity index (χ0n) is 12.4. The van der Waals surface area contributed by atoms with Crippen molar-refractivity contribution in [2.75, 3.05) is 26.4 Å². The van der Waals surface area contributed by atoms with Crippen molar-refractivity contribution in [2.45, 2.75) is 32.2 Å². The second-order valence-corrected chi connectivity index (χ2v) is 4.45. The van der Waals surface area contributed by atoms with Crippen molar-refractivity contribution < 1.29 is 33.6 Å². The molecule has 7 heteroatoms. The summed E-state index contributed by atoms with van der Waals surface area (Å²) in [5.41, 5.74) is -2.49. The fourth-order valence-electron chi connectivity index (χ4n) is 2.14. The largest absolute Gasteiger partial charge is 0.463 e. The molecule has 0 saturated carbocycles. The number of ether oxygens (including phenoxy) is 4. The van der Waals surface area contributed by atoms with Crippen LogP contribution in [0.3, 0.4) is 0 Å². The van der Waals surface area contributed by atoms with Crippen LogP contribution < -0.4 is 0 Å². The van der Waals surface area contributed by atoms with Crippen LogP contribution in [0.1, 0.15) is 20.3 Å². The maximum atomic E-state index is 12.1. The molecule has 0 aromatic heterocycles. The van der Waals surface area contributed by atoms with Crippen LogP contribution in [0.2, 0.25) is 0 Å². The maximum Gasteiger partial charge on any atom is 0.350 e. The number of esters is 2. The van der Waals surface area contributed by atoms with Crippen molar-refractivity contribution >= 4 is 11.9 Å². The van der Waals surface area contributed by atoms with E-state index in [-0.39, 0.29) is 19.6 Å². The van der Waals surface area contributed by atoms with Crippen molar-refractivity contribution in [3.05, 3.63) is 12.7 Å². The summed E-state index contributed by atoms with van der Waals surface area (Å²) in [6.45, 7) is 7.41. The van der Waals surface area contributed by atoms with Gasteiger partial charge in [-0.05, 0) is 20.3 Å². The van der Waals surface area contributed by atoms with Crippen LogP contribution in [0.25, 0.3) is 0 Å². The zero-order chi connectivity index (χ0) is 15.9. The fourth-order valence-corrected chi connectivity index (χ4v) is 2.14. The van der Waals surface area contributed by atoms with Gasteiger partial charge in [-0.15, -0.1) is 6.58 Å². The highest BCUT2D eigenvalue weighted by molar-refractivity contribution is 6.03. The molecular formula is C14H22O7. The summed E-state index contributed by atoms with van der Waals surface area (Å²) in [4.78, 5) is 24.3. The molecule has 1 aliphatic heterocycles. The second-order valence-electron chi connectivity index (χ2n) is 4.45. The molecule has 1 fully saturated rings. The van der Waals surface area contributed by atoms with Gasteiger partial charge in [-0.25, -0.2) is 9.59 Å². The number of carbonyl (C=O) groups is 2. The van der Waals surface area contributed by atoms with Gasteiger partial charge in [-0.3, -0.25) is 0 Å². The lowest BCUT2D eigenvalue weighted by Gasteiger charge is -2.33. The van der Waals surface area contributed by atoms with Crippen LogP contribution in [0.5, 0.6) is 0 Å². The molecular weight excluding hydrogens is 280 g/mol. The molecule has 1 rings (SSSR count). The van der Waals surface area contributed by atoms with Gasteiger partial charge < -0.3 is 24.1 Å². The average molecular weight is 302 g/mol. The minimum absolute atomic E-state index is 0.0216. The third kappa shape index (κ3) is 3.81. The predicted molar refractivity (Wildman–Crippen MR) is 72.2 cm³/mol. The molecule has 1 atom stereocenters. The number of aliphatic hydroxyl groups is 1. The van der Waals surface area contributed by atoms with Gasteiger partial charge in [0.25, 0.3) is 5.60 Å². The second kappa shape index (κ2) is 8.11. The minimum Gasteiger partial charge on any atom is -0.463 e. The predicted octanol–water partition coefficient (Wildman–Crippen LogP) is 0.409. The van der Waals surface area contributed by atoms with E-state index < -0.39 is 29.7 Å². The van der Waals surface area contributed by atoms with Gasteiger partial charge in [0.15, 0.2) is 6.29 Å². The van der Waals surface area contributed by atoms with E-state index in [2.05, 4.69) is 6.58 Å². The van der Waals surface area contributed by atoms with Crippen LogP contribution in [0.15, 0.2) is 12.7 Å². The molecule has 1 N–H and O–H groups in total. The Morgan fingerprint density at radius 2 is 1.76 bits per heavy atom. The van der Waals surface area contributed by atoms with Crippen molar-refractivity contribution in [3.8, 4) is 0 Å². The van der Waals surface area contributed by atoms with E-state index in [1.165, 1.54) is 6.08 Å². The first-order valence-electron chi connectivity index (χ1n) is 6.93. The van der Waals surface area contributed by atoms with Gasteiger partial charge in [0.05, 0.1) is 32.3 Å². The first kappa shape index (κ1) is 17.6. The van der Waals surface area contributed by atoms with Crippen molar-refractivity contribution in [3.63, 3.8) is 0 Å². The standard InChI is InChI=1S/C14H22O7/c1-4-7-10(11-20-8-9-21-11)14(17,12(15)18-5-2)13(16)19-6-3/h4,10-11,17H,1,5-9H2,2-3H3/t10-/m1/s1. The van der Waals surface area contributed by atoms with Crippen LogP contribution >= 0.6 is 0 Å². The Morgan fingerprint density at radius 3 is 2.14 bits per heavy atom. The lowest BCUT2D eigenvalue weighted by molar-refractivity contribution is -0.207. The summed E-state index contributed by atoms with van der Waals surface area (Å²) in [7, 11) is 0. The number of rotatable bonds is 8. The van der Waals surface area contributed by atoms with Gasteiger partial charge in [0, 0.05) is 0 Å². The highest BCUT2D eigenvalue weighted by Crippen LogP contribution is 2.32. The Labute approximate surface area is 123 Å². The summed E-state index contributed by atoms with van der Waals surface area (Å²) in [5, 5.41) is 10.7. The molecule has 0 bridgehead atoms. The Hall–Kier alpha value is -1.44. The molecule has 7 nitrogen and oxygen atoms in total. The number of hydrogen-bond acceptors (Lipinski definition) is 7. The average Bonchev–Trinajstić information content (AvgIpc) is 2.98. The molecule has 1 heterocycles. The van der Waals surface area contributed by atoms with Crippen molar-refractivity contribution in [1.29, 1.82) is 0 Å². The molecule has 1 aliphatic rings. The Bertz CT molecular complexity index is 356. The van der Waals surface area contributed by atoms with Crippen LogP contribution in [-0.2, 0) is 28.5 Å². The Kier molecular flexibility index (Phi) is 6.80. The van der Waals surface area contributed by atoms with Crippen LogP contribution in [-0.4, -0.2) is 55.4 Å². The molecule has 0 aromatic carbocycles. The van der Waals surface area contributed by atoms with Gasteiger partial charge in [0.2, 0.25) is 0 Å². The number of allylic oxidation sites excluding steroid dienone is 1. The summed E-state index contributed by atoms with van der Waals surface area (Å²) in [6.07, 6.45) is 0.694. The Balaban J connectivity index is 3.12. The summed E-state index contributed by atoms with van der Waals surface area (Å²) < 4.78 is 20.3. The summed E-state index contributed by atoms with van der Waals surface area (Å²) >= 11 is 0. The monoisotopic (exact) mass is 302 g/mol. The SMILES string of the molecule is C=CC[C@H](C1OCCO1)C(O)(C(=O)OCC)C(=O)OCC. The molecule has 0 aliphatic carbocycles. The highest BCUT2D eigenvalue weighted by atomic mass is 16.7. The Morgan fingerprint density at radius 1 is 1.29 bits per heavy atom. The van der Waals surface area contributed by atoms with Gasteiger partial charge in [0.1, 0.15) is 0 Å². The third-order valence-electron chi connectivity index (χ3n) is 3.11. The van der Waals surface area contributed by atoms with Gasteiger partial charge in [-0.2, -0.15) is 0 Å². The van der Waals surface area contributed by atoms with Crippen molar-refractivity contribution in [1.82, 2.24) is 0 Å². The van der Waals surface area contributed by atoms with E-state index in [1.54, 1.807) is 13.8 Å². The van der Waals surface area contributed by atoms with Gasteiger partial charge >= 0.3 is 11.9 Å². The number of carbonyl (C=O) groups excluding carboxylic acids is 2. The van der Waals surface area contributed by atoms with E-state index in [0.717, 1.165) is 0 Å². The maximum absolute atomic E-state index is 12.1. The summed E-state index contributed by atoms with van der Waals surface area (Å²) in [6, 6.07) is 0. The molecule has 120 valence electrons. The van der Waals surface area contributed by atoms with E-state index in [1.807, 2.05) is 0 Å². The molecule has 1 saturated heterocycles. The molecule has 0 aromatic rings. The third-order valence-corrected chi connectivity index (χ3v) is 3.11.